The second-order valence-corrected chi connectivity index (χ2v) is 7.33. The van der Waals surface area contributed by atoms with E-state index in [2.05, 4.69) is 20.9 Å². The van der Waals surface area contributed by atoms with Crippen molar-refractivity contribution < 1.29 is 31.9 Å². The molecule has 1 unspecified atom stereocenters. The number of halogens is 5. The molecule has 1 atom stereocenters. The van der Waals surface area contributed by atoms with E-state index in [0.29, 0.717) is 5.56 Å². The van der Waals surface area contributed by atoms with E-state index in [4.69, 9.17) is 0 Å². The molecule has 0 spiro atoms. The minimum Gasteiger partial charge on any atom is -0.359 e. The number of fused-ring (bicyclic) bond motifs is 1. The average molecular weight is 465 g/mol. The van der Waals surface area contributed by atoms with Gasteiger partial charge in [0.15, 0.2) is 5.71 Å². The number of anilines is 2. The molecule has 172 valence electrons. The standard InChI is InChI=1S/C21H16F5N5O2/c1-12-7-9-14(10-8-12)28-29-17-18(32)27-16-11-15(13-5-3-2-4-6-13)30-31(16)19(17,33)20(22,23)21(24,25)26/h2-11,28,33H,1H3,(H,27,32)/b29-17+. The van der Waals surface area contributed by atoms with Crippen LogP contribution in [-0.4, -0.2) is 38.6 Å². The minimum absolute atomic E-state index is 0.0277. The van der Waals surface area contributed by atoms with E-state index in [-0.39, 0.29) is 16.1 Å². The molecule has 3 N–H and O–H groups in total. The maximum atomic E-state index is 14.8. The Hall–Kier alpha value is -3.80. The Labute approximate surface area is 183 Å². The number of aryl methyl sites for hydroxylation is 1. The number of aliphatic hydroxyl groups is 1. The van der Waals surface area contributed by atoms with E-state index >= 15 is 0 Å². The van der Waals surface area contributed by atoms with Crippen molar-refractivity contribution in [3.05, 3.63) is 66.2 Å². The average Bonchev–Trinajstić information content (AvgIpc) is 3.19. The van der Waals surface area contributed by atoms with Gasteiger partial charge in [0, 0.05) is 11.6 Å². The highest BCUT2D eigenvalue weighted by Crippen LogP contribution is 2.49. The Morgan fingerprint density at radius 1 is 1.06 bits per heavy atom. The molecule has 2 heterocycles. The molecule has 1 aromatic heterocycles. The Morgan fingerprint density at radius 2 is 1.70 bits per heavy atom. The number of alkyl halides is 5. The van der Waals surface area contributed by atoms with Gasteiger partial charge in [0.05, 0.1) is 11.4 Å². The summed E-state index contributed by atoms with van der Waals surface area (Å²) in [5, 5.41) is 20.3. The minimum atomic E-state index is -6.24. The summed E-state index contributed by atoms with van der Waals surface area (Å²) in [7, 11) is 0. The van der Waals surface area contributed by atoms with Crippen LogP contribution in [0.3, 0.4) is 0 Å². The Kier molecular flexibility index (Phi) is 5.20. The highest BCUT2D eigenvalue weighted by atomic mass is 19.4. The van der Waals surface area contributed by atoms with Crippen LogP contribution in [0.2, 0.25) is 0 Å². The summed E-state index contributed by atoms with van der Waals surface area (Å²) in [5.74, 6) is -7.84. The highest BCUT2D eigenvalue weighted by molar-refractivity contribution is 6.46. The summed E-state index contributed by atoms with van der Waals surface area (Å²) in [6.45, 7) is 1.77. The van der Waals surface area contributed by atoms with Crippen LogP contribution < -0.4 is 10.7 Å². The zero-order valence-electron chi connectivity index (χ0n) is 16.9. The number of carbonyl (C=O) groups is 1. The first kappa shape index (κ1) is 22.4. The van der Waals surface area contributed by atoms with E-state index in [1.54, 1.807) is 37.3 Å². The first-order valence-electron chi connectivity index (χ1n) is 9.50. The largest absolute Gasteiger partial charge is 0.459 e. The Bertz CT molecular complexity index is 1220. The fraction of sp³-hybridized carbons (Fsp3) is 0.190. The summed E-state index contributed by atoms with van der Waals surface area (Å²) in [4.78, 5) is 12.6. The van der Waals surface area contributed by atoms with Gasteiger partial charge in [0.1, 0.15) is 5.82 Å². The third kappa shape index (κ3) is 3.61. The van der Waals surface area contributed by atoms with Gasteiger partial charge in [-0.2, -0.15) is 32.2 Å². The zero-order chi connectivity index (χ0) is 24.0. The maximum absolute atomic E-state index is 14.8. The Balaban J connectivity index is 1.89. The van der Waals surface area contributed by atoms with Crippen molar-refractivity contribution in [3.63, 3.8) is 0 Å². The monoisotopic (exact) mass is 465 g/mol. The van der Waals surface area contributed by atoms with Crippen LogP contribution in [0.5, 0.6) is 0 Å². The SMILES string of the molecule is Cc1ccc(N/N=C2\C(=O)Nc3cc(-c4ccccc4)nn3C2(O)C(F)(F)C(F)(F)F)cc1. The second kappa shape index (κ2) is 7.66. The van der Waals surface area contributed by atoms with E-state index in [1.165, 1.54) is 24.3 Å². The first-order chi connectivity index (χ1) is 15.4. The lowest BCUT2D eigenvalue weighted by atomic mass is 9.96. The van der Waals surface area contributed by atoms with E-state index in [0.717, 1.165) is 11.6 Å². The highest BCUT2D eigenvalue weighted by Gasteiger charge is 2.76. The van der Waals surface area contributed by atoms with Crippen LogP contribution >= 0.6 is 0 Å². The lowest BCUT2D eigenvalue weighted by molar-refractivity contribution is -0.346. The van der Waals surface area contributed by atoms with Crippen LogP contribution in [0, 0.1) is 6.92 Å². The van der Waals surface area contributed by atoms with Gasteiger partial charge in [-0.25, -0.2) is 4.68 Å². The molecule has 3 aromatic rings. The molecule has 0 radical (unpaired) electrons. The van der Waals surface area contributed by atoms with Gasteiger partial charge in [0.25, 0.3) is 11.6 Å². The molecule has 0 aliphatic carbocycles. The van der Waals surface area contributed by atoms with Crippen molar-refractivity contribution in [2.75, 3.05) is 10.7 Å². The third-order valence-electron chi connectivity index (χ3n) is 5.01. The second-order valence-electron chi connectivity index (χ2n) is 7.33. The number of hydrazone groups is 1. The van der Waals surface area contributed by atoms with Crippen molar-refractivity contribution in [3.8, 4) is 11.3 Å². The zero-order valence-corrected chi connectivity index (χ0v) is 16.9. The number of benzene rings is 2. The van der Waals surface area contributed by atoms with Crippen LogP contribution in [0.4, 0.5) is 33.5 Å². The number of carbonyl (C=O) groups excluding carboxylic acids is 1. The number of hydrogen-bond donors (Lipinski definition) is 3. The number of amides is 1. The van der Waals surface area contributed by atoms with Gasteiger partial charge in [-0.15, -0.1) is 0 Å². The summed E-state index contributed by atoms with van der Waals surface area (Å²) >= 11 is 0. The Morgan fingerprint density at radius 3 is 2.30 bits per heavy atom. The molecule has 2 aromatic carbocycles. The number of aromatic nitrogens is 2. The molecule has 0 saturated heterocycles. The molecule has 0 fully saturated rings. The fourth-order valence-corrected chi connectivity index (χ4v) is 3.26. The van der Waals surface area contributed by atoms with E-state index in [9.17, 15) is 31.9 Å². The van der Waals surface area contributed by atoms with Gasteiger partial charge >= 0.3 is 12.1 Å². The fourth-order valence-electron chi connectivity index (χ4n) is 3.26. The molecule has 1 aliphatic heterocycles. The lowest BCUT2D eigenvalue weighted by Gasteiger charge is -2.39. The van der Waals surface area contributed by atoms with Crippen molar-refractivity contribution in [1.29, 1.82) is 0 Å². The number of nitrogens with one attached hydrogen (secondary N) is 2. The first-order valence-corrected chi connectivity index (χ1v) is 9.50. The summed E-state index contributed by atoms with van der Waals surface area (Å²) in [6, 6.07) is 15.2. The van der Waals surface area contributed by atoms with Crippen molar-refractivity contribution in [2.24, 2.45) is 5.10 Å². The van der Waals surface area contributed by atoms with Gasteiger partial charge in [-0.3, -0.25) is 10.2 Å². The van der Waals surface area contributed by atoms with Crippen molar-refractivity contribution in [2.45, 2.75) is 24.7 Å². The summed E-state index contributed by atoms with van der Waals surface area (Å²) < 4.78 is 69.9. The molecular weight excluding hydrogens is 449 g/mol. The smallest absolute Gasteiger partial charge is 0.359 e. The van der Waals surface area contributed by atoms with Crippen LogP contribution in [0.1, 0.15) is 5.56 Å². The predicted molar refractivity (Wildman–Crippen MR) is 110 cm³/mol. The van der Waals surface area contributed by atoms with Crippen molar-refractivity contribution >= 4 is 23.1 Å². The number of nitrogens with zero attached hydrogens (tertiary/aromatic N) is 3. The van der Waals surface area contributed by atoms with Crippen LogP contribution in [0.25, 0.3) is 11.3 Å². The molecule has 7 nitrogen and oxygen atoms in total. The third-order valence-corrected chi connectivity index (χ3v) is 5.01. The quantitative estimate of drug-likeness (QED) is 0.399. The van der Waals surface area contributed by atoms with E-state index in [1.807, 2.05) is 0 Å². The van der Waals surface area contributed by atoms with E-state index < -0.39 is 35.3 Å². The molecule has 1 amide bonds. The van der Waals surface area contributed by atoms with Crippen LogP contribution in [0.15, 0.2) is 65.8 Å². The number of hydrogen-bond acceptors (Lipinski definition) is 5. The molecule has 4 rings (SSSR count). The normalized spacial score (nSPS) is 19.8. The summed E-state index contributed by atoms with van der Waals surface area (Å²) in [5.41, 5.74) is -2.19. The molecule has 12 heteroatoms. The topological polar surface area (TPSA) is 91.5 Å². The molecule has 1 aliphatic rings. The summed E-state index contributed by atoms with van der Waals surface area (Å²) in [6.07, 6.45) is -6.24. The van der Waals surface area contributed by atoms with Gasteiger partial charge in [-0.1, -0.05) is 48.0 Å². The van der Waals surface area contributed by atoms with Gasteiger partial charge < -0.3 is 10.4 Å². The molecule has 0 bridgehead atoms. The maximum Gasteiger partial charge on any atom is 0.459 e. The van der Waals surface area contributed by atoms with Gasteiger partial charge in [0.2, 0.25) is 0 Å². The lowest BCUT2D eigenvalue weighted by Crippen LogP contribution is -2.67. The van der Waals surface area contributed by atoms with Crippen molar-refractivity contribution in [1.82, 2.24) is 9.78 Å². The van der Waals surface area contributed by atoms with Gasteiger partial charge in [-0.05, 0) is 19.1 Å². The molecule has 0 saturated carbocycles. The number of rotatable bonds is 4. The predicted octanol–water partition coefficient (Wildman–Crippen LogP) is 4.12. The molecular formula is C21H16F5N5O2. The molecule has 33 heavy (non-hydrogen) atoms. The van der Waals surface area contributed by atoms with Crippen LogP contribution in [-0.2, 0) is 10.5 Å².